The van der Waals surface area contributed by atoms with Crippen LogP contribution in [0.4, 0.5) is 0 Å². The molecule has 0 amide bonds. The molecule has 5 aliphatic heterocycles. The number of rotatable bonds is 29. The van der Waals surface area contributed by atoms with Gasteiger partial charge in [0.2, 0.25) is 32.0 Å². The Bertz CT molecular complexity index is 2840. The summed E-state index contributed by atoms with van der Waals surface area (Å²) < 4.78 is 281. The molecule has 5 fully saturated rings. The molecule has 0 aromatic heterocycles. The third kappa shape index (κ3) is 23.0. The number of carbonyl (C=O) groups excluding carboxylic acids is 2. The molecule has 0 saturated carbocycles. The van der Waals surface area contributed by atoms with Crippen molar-refractivity contribution in [2.24, 2.45) is 0 Å². The van der Waals surface area contributed by atoms with E-state index in [0.29, 0.717) is 7.11 Å². The second-order valence-corrected chi connectivity index (χ2v) is 23.9. The summed E-state index contributed by atoms with van der Waals surface area (Å²) in [5.41, 5.74) is 0. The van der Waals surface area contributed by atoms with E-state index in [9.17, 15) is 105 Å². The first-order valence-electron chi connectivity index (χ1n) is 23.5. The number of hydrogen-bond donors (Lipinski definition) is 6. The Kier molecular flexibility index (Phi) is 39.6. The predicted molar refractivity (Wildman–Crippen MR) is 242 cm³/mol. The average Bonchev–Trinajstić information content (AvgIpc) is 0.766. The van der Waals surface area contributed by atoms with E-state index in [1.807, 2.05) is 0 Å². The number of hydrogen-bond acceptors (Lipinski definition) is 41. The van der Waals surface area contributed by atoms with E-state index in [0.717, 1.165) is 42.7 Å². The van der Waals surface area contributed by atoms with Crippen molar-refractivity contribution >= 4 is 63.7 Å². The maximum Gasteiger partial charge on any atom is 1.00 e. The number of carboxylic acids is 2. The molecule has 5 heterocycles. The van der Waals surface area contributed by atoms with Crippen LogP contribution in [0.15, 0.2) is 0 Å². The minimum atomic E-state index is -6.55. The summed E-state index contributed by atoms with van der Waals surface area (Å²) in [6.07, 6.45) is -56.4. The molecule has 0 spiro atoms. The van der Waals surface area contributed by atoms with Crippen LogP contribution in [0.25, 0.3) is 0 Å². The summed E-state index contributed by atoms with van der Waals surface area (Å²) in [6.45, 7) is -4.10. The van der Waals surface area contributed by atoms with Crippen LogP contribution in [0.3, 0.4) is 0 Å². The second kappa shape index (κ2) is 38.5. The van der Waals surface area contributed by atoms with Gasteiger partial charge in [-0.15, -0.1) is 0 Å². The van der Waals surface area contributed by atoms with Crippen LogP contribution in [-0.2, 0) is 154 Å². The van der Waals surface area contributed by atoms with Crippen LogP contribution in [0, 0.1) is 0 Å². The van der Waals surface area contributed by atoms with Crippen LogP contribution >= 0.6 is 0 Å². The van der Waals surface area contributed by atoms with E-state index in [1.54, 1.807) is 0 Å². The summed E-state index contributed by atoms with van der Waals surface area (Å²) in [4.78, 5) is 21.4. The molecule has 5 saturated heterocycles. The second-order valence-electron chi connectivity index (χ2n) is 18.1. The summed E-state index contributed by atoms with van der Waals surface area (Å²) >= 11 is 0. The van der Waals surface area contributed by atoms with Gasteiger partial charge in [-0.05, 0) is 0 Å². The molecule has 1 unspecified atom stereocenters. The van der Waals surface area contributed by atoms with Crippen LogP contribution in [-0.4, -0.2) is 319 Å². The van der Waals surface area contributed by atoms with E-state index < -0.39 is 236 Å². The molecule has 0 aromatic carbocycles. The zero-order valence-corrected chi connectivity index (χ0v) is 63.4. The zero-order valence-electron chi connectivity index (χ0n) is 49.3. The van der Waals surface area contributed by atoms with Crippen molar-refractivity contribution in [3.63, 3.8) is 0 Å². The normalized spacial score (nSPS) is 38.6. The molecule has 0 radical (unpaired) electrons. The number of carboxylic acid groups (broad SMARTS) is 2. The van der Waals surface area contributed by atoms with E-state index in [2.05, 4.69) is 16.7 Å². The molecule has 90 heavy (non-hydrogen) atoms. The topological polar surface area (TPSA) is 626 Å². The van der Waals surface area contributed by atoms with Gasteiger partial charge in [0.1, 0.15) is 120 Å². The van der Waals surface area contributed by atoms with Gasteiger partial charge in [-0.1, -0.05) is 0 Å². The molecule has 0 bridgehead atoms. The maximum atomic E-state index is 13.4. The van der Waals surface area contributed by atoms with Gasteiger partial charge in [-0.25, -0.2) is 33.6 Å². The first kappa shape index (κ1) is 92.5. The van der Waals surface area contributed by atoms with Gasteiger partial charge >= 0.3 is 169 Å². The molecule has 5 aliphatic rings. The number of aliphatic carboxylic acids is 2. The Hall–Kier alpha value is 2.53. The van der Waals surface area contributed by atoms with Crippen molar-refractivity contribution in [2.75, 3.05) is 69.6 Å². The fourth-order valence-electron chi connectivity index (χ4n) is 9.65. The Labute approximate surface area is 623 Å². The average molecular weight is 1470 g/mol. The molecule has 5 rings (SSSR count). The monoisotopic (exact) mass is 1460 g/mol. The first-order valence-corrected chi connectivity index (χ1v) is 30.3. The third-order valence-corrected chi connectivity index (χ3v) is 16.2. The summed E-state index contributed by atoms with van der Waals surface area (Å²) in [7, 11) is -23.3. The van der Waals surface area contributed by atoms with Crippen molar-refractivity contribution in [2.45, 2.75) is 152 Å². The van der Waals surface area contributed by atoms with Crippen molar-refractivity contribution in [1.29, 1.82) is 0 Å². The Balaban J connectivity index is 0.0000158. The molecule has 6 N–H and O–H groups in total. The molecular formula is C37H57Na5O43S5. The van der Waals surface area contributed by atoms with Crippen molar-refractivity contribution in [3.8, 4) is 0 Å². The molecular weight excluding hydrogens is 1410 g/mol. The van der Waals surface area contributed by atoms with Crippen LogP contribution in [0.1, 0.15) is 0 Å². The zero-order chi connectivity index (χ0) is 64.3. The molecule has 498 valence electrons. The summed E-state index contributed by atoms with van der Waals surface area (Å²) in [6, 6.07) is 0. The van der Waals surface area contributed by atoms with Crippen molar-refractivity contribution < 1.29 is 345 Å². The minimum absolute atomic E-state index is 0. The van der Waals surface area contributed by atoms with Crippen LogP contribution < -0.4 is 158 Å². The first-order chi connectivity index (χ1) is 39.3. The molecule has 0 aliphatic carbocycles. The van der Waals surface area contributed by atoms with Gasteiger partial charge < -0.3 is 130 Å². The van der Waals surface area contributed by atoms with Crippen molar-refractivity contribution in [3.05, 3.63) is 0 Å². The van der Waals surface area contributed by atoms with E-state index >= 15 is 0 Å². The maximum absolute atomic E-state index is 13.4. The molecule has 0 aromatic rings. The predicted octanol–water partition coefficient (Wildman–Crippen LogP) is -27.3. The fourth-order valence-corrected chi connectivity index (χ4v) is 12.1. The molecule has 53 heteroatoms. The smallest absolute Gasteiger partial charge is 0.745 e. The number of ether oxygens (including phenoxy) is 16. The molecule has 25 atom stereocenters. The van der Waals surface area contributed by atoms with Gasteiger partial charge in [0, 0.05) is 49.8 Å². The van der Waals surface area contributed by atoms with E-state index in [4.69, 9.17) is 75.8 Å². The van der Waals surface area contributed by atoms with Gasteiger partial charge in [-0.2, -0.15) is 16.8 Å². The standard InChI is InChI=1S/C37H62O43S5.5Na/c1-61-16-12(9-68-82(49,50)51)71-34(26(64-4)20(16)62-2)75-19-14(39)15(40)32(76-24(19)30(41)42)74-18-11(8-38)72-36(37(45,29(18)66-6)81(46,47)48)78-22-21(63-3)27(65-5)35(77-25(22)31(43)44)73-17-13(10-69-83(52,53)54)70-33(67-7)28(80-85(58,59)60)23(17)79-84(55,56)57;;;;;/h11-29,32-36,38-40,45H,8-10H2,1-7H3,(H,41,42)(H,43,44)(H,46,47,48)(H,49,50,51)(H,52,53,54)(H,55,56,57)(H,58,59,60);;;;;/q;5*+1/p-5/t11-,12-,13-,14+,15+,16-,17+,18+,19+,20-,21+,22-,23+,24+,25?,26+,27-,28-,29-,32-,33-,34-,35+,36+,37+;;;;;/m0...../s1. The number of aliphatic hydroxyl groups is 4. The van der Waals surface area contributed by atoms with Crippen LogP contribution in [0.5, 0.6) is 0 Å². The number of aliphatic hydroxyl groups excluding tert-OH is 3. The minimum Gasteiger partial charge on any atom is -0.745 e. The third-order valence-electron chi connectivity index (χ3n) is 13.2. The Morgan fingerprint density at radius 2 is 0.844 bits per heavy atom. The fraction of sp³-hybridized carbons (Fsp3) is 0.946. The Morgan fingerprint density at radius 3 is 1.26 bits per heavy atom. The number of carbonyl (C=O) groups is 2. The Morgan fingerprint density at radius 1 is 0.444 bits per heavy atom. The number of methoxy groups -OCH3 is 7. The van der Waals surface area contributed by atoms with E-state index in [1.165, 1.54) is 0 Å². The van der Waals surface area contributed by atoms with Gasteiger partial charge in [0.25, 0.3) is 0 Å². The van der Waals surface area contributed by atoms with Gasteiger partial charge in [0.05, 0.1) is 31.8 Å². The summed E-state index contributed by atoms with van der Waals surface area (Å²) in [5.74, 6) is -4.72. The van der Waals surface area contributed by atoms with Gasteiger partial charge in [0.15, 0.2) is 31.3 Å². The van der Waals surface area contributed by atoms with Crippen LogP contribution in [0.2, 0.25) is 0 Å². The summed E-state index contributed by atoms with van der Waals surface area (Å²) in [5, 5.41) is 71.3. The van der Waals surface area contributed by atoms with Gasteiger partial charge in [-0.3, -0.25) is 17.5 Å². The molecule has 43 nitrogen and oxygen atoms in total. The largest absolute Gasteiger partial charge is 1.00 e. The quantitative estimate of drug-likeness (QED) is 0.0230. The SMILES string of the molecule is CO[C@H]1O[C@@H](COS(=O)(=O)[O-])[C@@H](O[C@@H]2OC(C(=O)[O-])[C@@H](O[C@H]3O[C@@H](CO)[C@@H](O[C@H]4O[C@@H](C(=O)[O-])[C@H](O[C@@H]5O[C@@H](COS(=O)(=O)[O-])[C@H](OC)[C@H](OC)[C@H]5OC)[C@H](O)[C@H]4O)[C@H](OC)[C@@]3(O)S(=O)(=O)[O-])[C@@H](OC)[C@@H]2OC)[C@@H](OS(=O)(=O)O)[C@@H]1OS(=O)(=O)O.[Na+].[Na+].[Na+].[Na+].[Na+]. The van der Waals surface area contributed by atoms with Crippen molar-refractivity contribution in [1.82, 2.24) is 0 Å². The van der Waals surface area contributed by atoms with E-state index in [-0.39, 0.29) is 148 Å².